The monoisotopic (exact) mass is 389 g/mol. The molecule has 3 aromatic heterocycles. The molecule has 0 atom stereocenters. The van der Waals surface area contributed by atoms with Crippen LogP contribution >= 0.6 is 11.3 Å². The molecule has 0 aliphatic heterocycles. The van der Waals surface area contributed by atoms with E-state index in [-0.39, 0.29) is 5.65 Å². The zero-order valence-corrected chi connectivity index (χ0v) is 14.3. The first-order valence-electron chi connectivity index (χ1n) is 7.68. The number of benzene rings is 1. The minimum absolute atomic E-state index is 0.160. The van der Waals surface area contributed by atoms with Gasteiger partial charge >= 0.3 is 6.18 Å². The van der Waals surface area contributed by atoms with Gasteiger partial charge in [-0.25, -0.2) is 4.98 Å². The lowest BCUT2D eigenvalue weighted by molar-refractivity contribution is -0.0887. The van der Waals surface area contributed by atoms with Gasteiger partial charge in [0.05, 0.1) is 11.8 Å². The largest absolute Gasteiger partial charge is 0.493 e. The molecule has 1 aromatic carbocycles. The maximum atomic E-state index is 12.6. The quantitative estimate of drug-likeness (QED) is 0.521. The maximum Gasteiger partial charge on any atom is 0.455 e. The lowest BCUT2D eigenvalue weighted by atomic mass is 10.1. The Labute approximate surface area is 154 Å². The van der Waals surface area contributed by atoms with Crippen molar-refractivity contribution in [3.8, 4) is 27.4 Å². The molecule has 27 heavy (non-hydrogen) atoms. The highest BCUT2D eigenvalue weighted by Crippen LogP contribution is 2.35. The fraction of sp³-hybridized carbons (Fsp3) is 0.0556. The minimum atomic E-state index is -5.11. The van der Waals surface area contributed by atoms with Gasteiger partial charge in [0.1, 0.15) is 5.56 Å². The number of aromatic hydroxyl groups is 1. The van der Waals surface area contributed by atoms with Crippen molar-refractivity contribution < 1.29 is 23.1 Å². The van der Waals surface area contributed by atoms with Crippen molar-refractivity contribution in [2.24, 2.45) is 0 Å². The van der Waals surface area contributed by atoms with Crippen LogP contribution in [0.25, 0.3) is 27.2 Å². The third kappa shape index (κ3) is 2.95. The standard InChI is InChI=1S/C18H10F3N3O2S/c19-18(20,21)15(25)13-7-22-16-12(8-23-24(16)17(13)26)14-6-11(9-27-14)10-4-2-1-3-5-10/h1-9,26H. The number of halogens is 3. The number of nitrogens with zero attached hydrogens (tertiary/aromatic N) is 3. The lowest BCUT2D eigenvalue weighted by Gasteiger charge is -2.07. The van der Waals surface area contributed by atoms with E-state index in [1.807, 2.05) is 41.8 Å². The molecule has 3 heterocycles. The van der Waals surface area contributed by atoms with Crippen LogP contribution in [0.3, 0.4) is 0 Å². The van der Waals surface area contributed by atoms with Crippen molar-refractivity contribution >= 4 is 22.8 Å². The van der Waals surface area contributed by atoms with Crippen molar-refractivity contribution in [2.75, 3.05) is 0 Å². The van der Waals surface area contributed by atoms with E-state index < -0.39 is 23.4 Å². The average molecular weight is 389 g/mol. The van der Waals surface area contributed by atoms with E-state index in [0.717, 1.165) is 26.7 Å². The summed E-state index contributed by atoms with van der Waals surface area (Å²) < 4.78 is 38.7. The predicted octanol–water partition coefficient (Wildman–Crippen LogP) is 4.58. The second-order valence-electron chi connectivity index (χ2n) is 5.68. The van der Waals surface area contributed by atoms with Gasteiger partial charge in [-0.05, 0) is 22.6 Å². The SMILES string of the molecule is O=C(c1cnc2c(-c3cc(-c4ccccc4)cs3)cnn2c1O)C(F)(F)F. The van der Waals surface area contributed by atoms with Crippen molar-refractivity contribution in [2.45, 2.75) is 6.18 Å². The molecule has 0 bridgehead atoms. The molecule has 0 amide bonds. The van der Waals surface area contributed by atoms with Crippen LogP contribution in [-0.2, 0) is 0 Å². The third-order valence-corrected chi connectivity index (χ3v) is 4.94. The zero-order valence-electron chi connectivity index (χ0n) is 13.4. The number of carbonyl (C=O) groups excluding carboxylic acids is 1. The van der Waals surface area contributed by atoms with Gasteiger partial charge in [0.25, 0.3) is 5.78 Å². The molecule has 0 fully saturated rings. The van der Waals surface area contributed by atoms with E-state index in [1.165, 1.54) is 17.5 Å². The Kier molecular flexibility index (Phi) is 3.96. The molecular formula is C18H10F3N3O2S. The fourth-order valence-electron chi connectivity index (χ4n) is 2.66. The van der Waals surface area contributed by atoms with Gasteiger partial charge in [0.2, 0.25) is 5.88 Å². The second-order valence-corrected chi connectivity index (χ2v) is 6.59. The zero-order chi connectivity index (χ0) is 19.2. The molecule has 0 unspecified atom stereocenters. The first kappa shape index (κ1) is 17.2. The molecule has 4 aromatic rings. The second kappa shape index (κ2) is 6.20. The summed E-state index contributed by atoms with van der Waals surface area (Å²) in [5.74, 6) is -3.07. The Morgan fingerprint density at radius 3 is 2.56 bits per heavy atom. The van der Waals surface area contributed by atoms with Gasteiger partial charge in [-0.3, -0.25) is 4.79 Å². The number of ketones is 1. The van der Waals surface area contributed by atoms with E-state index >= 15 is 0 Å². The Morgan fingerprint density at radius 2 is 1.85 bits per heavy atom. The molecule has 5 nitrogen and oxygen atoms in total. The minimum Gasteiger partial charge on any atom is -0.493 e. The van der Waals surface area contributed by atoms with Gasteiger partial charge in [-0.2, -0.15) is 22.8 Å². The number of alkyl halides is 3. The summed E-state index contributed by atoms with van der Waals surface area (Å²) in [7, 11) is 0. The van der Waals surface area contributed by atoms with Crippen LogP contribution in [0.2, 0.25) is 0 Å². The van der Waals surface area contributed by atoms with Gasteiger partial charge in [-0.15, -0.1) is 11.3 Å². The highest BCUT2D eigenvalue weighted by atomic mass is 32.1. The molecule has 0 radical (unpaired) electrons. The van der Waals surface area contributed by atoms with Crippen LogP contribution in [0.5, 0.6) is 5.88 Å². The molecule has 0 aliphatic carbocycles. The van der Waals surface area contributed by atoms with Gasteiger partial charge in [0.15, 0.2) is 5.65 Å². The van der Waals surface area contributed by atoms with Crippen LogP contribution in [0.1, 0.15) is 10.4 Å². The van der Waals surface area contributed by atoms with Crippen molar-refractivity contribution in [1.82, 2.24) is 14.6 Å². The molecule has 1 N–H and O–H groups in total. The number of hydrogen-bond acceptors (Lipinski definition) is 5. The summed E-state index contributed by atoms with van der Waals surface area (Å²) in [6.45, 7) is 0. The molecule has 0 spiro atoms. The van der Waals surface area contributed by atoms with Crippen LogP contribution in [0.15, 0.2) is 54.2 Å². The number of aromatic nitrogens is 3. The van der Waals surface area contributed by atoms with Crippen LogP contribution in [0, 0.1) is 0 Å². The van der Waals surface area contributed by atoms with E-state index in [4.69, 9.17) is 0 Å². The van der Waals surface area contributed by atoms with Gasteiger partial charge < -0.3 is 5.11 Å². The highest BCUT2D eigenvalue weighted by Gasteiger charge is 2.41. The number of rotatable bonds is 3. The Balaban J connectivity index is 1.78. The first-order chi connectivity index (χ1) is 12.9. The molecule has 0 saturated carbocycles. The maximum absolute atomic E-state index is 12.6. The molecule has 0 aliphatic rings. The molecule has 9 heteroatoms. The molecular weight excluding hydrogens is 379 g/mol. The van der Waals surface area contributed by atoms with Crippen LogP contribution in [0.4, 0.5) is 13.2 Å². The van der Waals surface area contributed by atoms with E-state index in [9.17, 15) is 23.1 Å². The predicted molar refractivity (Wildman–Crippen MR) is 93.8 cm³/mol. The fourth-order valence-corrected chi connectivity index (χ4v) is 3.59. The molecule has 0 saturated heterocycles. The molecule has 4 rings (SSSR count). The van der Waals surface area contributed by atoms with E-state index in [2.05, 4.69) is 10.1 Å². The number of hydrogen-bond donors (Lipinski definition) is 1. The smallest absolute Gasteiger partial charge is 0.455 e. The van der Waals surface area contributed by atoms with Gasteiger partial charge in [-0.1, -0.05) is 30.3 Å². The summed E-state index contributed by atoms with van der Waals surface area (Å²) >= 11 is 1.42. The summed E-state index contributed by atoms with van der Waals surface area (Å²) in [4.78, 5) is 16.1. The highest BCUT2D eigenvalue weighted by molar-refractivity contribution is 7.14. The Bertz CT molecular complexity index is 1150. The Morgan fingerprint density at radius 1 is 1.11 bits per heavy atom. The van der Waals surface area contributed by atoms with Crippen molar-refractivity contribution in [3.05, 3.63) is 59.7 Å². The van der Waals surface area contributed by atoms with Gasteiger partial charge in [0, 0.05) is 11.1 Å². The average Bonchev–Trinajstić information content (AvgIpc) is 3.28. The number of carbonyl (C=O) groups is 1. The summed E-state index contributed by atoms with van der Waals surface area (Å²) in [6, 6.07) is 11.6. The van der Waals surface area contributed by atoms with Crippen LogP contribution < -0.4 is 0 Å². The third-order valence-electron chi connectivity index (χ3n) is 3.98. The number of Topliss-reactive ketones (excluding diaryl/α,β-unsaturated/α-hetero) is 1. The van der Waals surface area contributed by atoms with E-state index in [1.54, 1.807) is 0 Å². The number of fused-ring (bicyclic) bond motifs is 1. The number of thiophene rings is 1. The Hall–Kier alpha value is -3.20. The summed E-state index contributed by atoms with van der Waals surface area (Å²) in [6.07, 6.45) is -3.00. The topological polar surface area (TPSA) is 67.5 Å². The van der Waals surface area contributed by atoms with Crippen molar-refractivity contribution in [1.29, 1.82) is 0 Å². The first-order valence-corrected chi connectivity index (χ1v) is 8.56. The normalized spacial score (nSPS) is 11.8. The van der Waals surface area contributed by atoms with Crippen LogP contribution in [-0.4, -0.2) is 31.7 Å². The lowest BCUT2D eigenvalue weighted by Crippen LogP contribution is -2.23. The van der Waals surface area contributed by atoms with E-state index in [0.29, 0.717) is 5.56 Å². The van der Waals surface area contributed by atoms with Crippen molar-refractivity contribution in [3.63, 3.8) is 0 Å². The summed E-state index contributed by atoms with van der Waals surface area (Å²) in [5, 5.41) is 15.9. The molecule has 136 valence electrons. The summed E-state index contributed by atoms with van der Waals surface area (Å²) in [5.41, 5.74) is 1.75.